The summed E-state index contributed by atoms with van der Waals surface area (Å²) in [6, 6.07) is 11.3. The Morgan fingerprint density at radius 1 is 0.779 bits per heavy atom. The number of rotatable bonds is 37. The molecule has 2 aromatic carbocycles. The SMILES string of the molecule is C#CCCC(=O)C[C@H](C(=O)N[C@@H](CCCNC(N)=O)C(=O)Cc1ccc(COC(=O)N(C)[C@@H](C(=O)N[C@@H](C(=O)N(C)[C@H]([C@H](C)CC)[C@H](CC(=O)N2CCCC2[C@@H](OC)[C@H](C)C(=O)C[C@@H](C)[C@H](O)c2ccccc2)OC)C(C)C)C(C)C)cc1)C(C)C. The Labute approximate surface area is 511 Å². The van der Waals surface area contributed by atoms with Crippen molar-refractivity contribution in [3.8, 4) is 12.3 Å². The number of carbonyl (C=O) groups excluding carboxylic acids is 9. The molecule has 1 aliphatic rings. The highest BCUT2D eigenvalue weighted by Gasteiger charge is 2.44. The van der Waals surface area contributed by atoms with E-state index in [4.69, 9.17) is 26.4 Å². The number of nitrogens with one attached hydrogen (secondary N) is 3. The van der Waals surface area contributed by atoms with Crippen molar-refractivity contribution in [3.05, 3.63) is 71.3 Å². The zero-order valence-corrected chi connectivity index (χ0v) is 53.6. The van der Waals surface area contributed by atoms with Gasteiger partial charge in [0.05, 0.1) is 42.9 Å². The van der Waals surface area contributed by atoms with Crippen LogP contribution in [0, 0.1) is 53.8 Å². The van der Waals surface area contributed by atoms with Crippen molar-refractivity contribution in [3.63, 3.8) is 0 Å². The van der Waals surface area contributed by atoms with Crippen LogP contribution in [0.4, 0.5) is 9.59 Å². The van der Waals surface area contributed by atoms with Gasteiger partial charge in [-0.25, -0.2) is 9.59 Å². The molecule has 0 bridgehead atoms. The predicted octanol–water partition coefficient (Wildman–Crippen LogP) is 7.36. The summed E-state index contributed by atoms with van der Waals surface area (Å²) in [7, 11) is 6.17. The number of primary amides is 1. The zero-order chi connectivity index (χ0) is 64.5. The number of ketones is 3. The highest BCUT2D eigenvalue weighted by Crippen LogP contribution is 2.32. The maximum absolute atomic E-state index is 14.8. The van der Waals surface area contributed by atoms with Crippen LogP contribution in [0.2, 0.25) is 0 Å². The summed E-state index contributed by atoms with van der Waals surface area (Å²) in [5.41, 5.74) is 7.17. The first-order valence-electron chi connectivity index (χ1n) is 30.6. The smallest absolute Gasteiger partial charge is 0.410 e. The maximum Gasteiger partial charge on any atom is 0.410 e. The van der Waals surface area contributed by atoms with Crippen molar-refractivity contribution in [2.24, 2.45) is 47.2 Å². The number of likely N-dealkylation sites (tertiary alicyclic amines) is 1. The third-order valence-electron chi connectivity index (χ3n) is 17.0. The van der Waals surface area contributed by atoms with E-state index >= 15 is 0 Å². The molecule has 1 unspecified atom stereocenters. The van der Waals surface area contributed by atoms with Crippen molar-refractivity contribution in [2.75, 3.05) is 41.4 Å². The molecule has 12 atom stereocenters. The molecule has 478 valence electrons. The van der Waals surface area contributed by atoms with E-state index in [1.54, 1.807) is 62.1 Å². The minimum Gasteiger partial charge on any atom is -0.445 e. The number of aliphatic hydroxyl groups excluding tert-OH is 1. The first-order valence-corrected chi connectivity index (χ1v) is 30.6. The molecular weight excluding hydrogens is 1100 g/mol. The number of carbonyl (C=O) groups is 9. The van der Waals surface area contributed by atoms with Crippen LogP contribution in [0.3, 0.4) is 0 Å². The first kappa shape index (κ1) is 73.6. The summed E-state index contributed by atoms with van der Waals surface area (Å²) in [4.78, 5) is 127. The molecule has 0 spiro atoms. The summed E-state index contributed by atoms with van der Waals surface area (Å²) in [5.74, 6) is -2.43. The van der Waals surface area contributed by atoms with Crippen molar-refractivity contribution in [1.82, 2.24) is 30.7 Å². The second-order valence-electron chi connectivity index (χ2n) is 24.4. The van der Waals surface area contributed by atoms with E-state index in [0.717, 1.165) is 5.56 Å². The van der Waals surface area contributed by atoms with Gasteiger partial charge in [-0.1, -0.05) is 130 Å². The lowest BCUT2D eigenvalue weighted by molar-refractivity contribution is -0.148. The number of nitrogens with two attached hydrogens (primary N) is 1. The number of terminal acetylenes is 1. The third kappa shape index (κ3) is 21.9. The first-order chi connectivity index (χ1) is 40.6. The largest absolute Gasteiger partial charge is 0.445 e. The standard InChI is InChI=1S/C66H101N7O13/c1-16-18-26-49(74)37-50(40(3)4)62(79)69-51(27-22-33-68-65(67)82)54(76)36-46-29-31-47(32-30-46)39-86-66(83)72(13)58(42(7)8)63(80)70-57(41(5)6)64(81)71(12)59(43(9)17-2)55(84-14)38-56(77)73-34-23-28-52(73)61(85-15)45(11)53(75)35-44(10)60(78)48-24-20-19-21-25-48/h1,19-21,24-25,29-32,40-45,50-52,55,57-61,78H,17-18,22-23,26-28,33-39H2,2-15H3,(H,69,79)(H,70,80)(H3,67,68,82)/t43-,44-,45-,50+,51+,52?,55+,57-,58-,59-,60+,61+/m1/s1. The number of methoxy groups -OCH3 is 2. The second-order valence-corrected chi connectivity index (χ2v) is 24.4. The number of hydrogen-bond acceptors (Lipinski definition) is 13. The topological polar surface area (TPSA) is 273 Å². The molecule has 3 rings (SSSR count). The number of amides is 7. The van der Waals surface area contributed by atoms with Crippen LogP contribution in [0.1, 0.15) is 156 Å². The highest BCUT2D eigenvalue weighted by molar-refractivity contribution is 5.93. The second kappa shape index (κ2) is 36.5. The molecule has 0 aliphatic carbocycles. The van der Waals surface area contributed by atoms with Gasteiger partial charge in [0.15, 0.2) is 5.78 Å². The molecule has 1 aliphatic heterocycles. The van der Waals surface area contributed by atoms with Gasteiger partial charge < -0.3 is 50.8 Å². The van der Waals surface area contributed by atoms with Crippen LogP contribution in [0.15, 0.2) is 54.6 Å². The van der Waals surface area contributed by atoms with Crippen molar-refractivity contribution in [1.29, 1.82) is 0 Å². The van der Waals surface area contributed by atoms with Crippen molar-refractivity contribution < 1.29 is 62.5 Å². The van der Waals surface area contributed by atoms with Crippen LogP contribution in [-0.2, 0) is 60.8 Å². The fourth-order valence-corrected chi connectivity index (χ4v) is 11.6. The molecule has 0 saturated carbocycles. The van der Waals surface area contributed by atoms with Gasteiger partial charge in [0.25, 0.3) is 0 Å². The fraction of sp³-hybridized carbons (Fsp3) is 0.652. The van der Waals surface area contributed by atoms with E-state index in [0.29, 0.717) is 43.4 Å². The lowest BCUT2D eigenvalue weighted by atomic mass is 9.85. The van der Waals surface area contributed by atoms with E-state index in [-0.39, 0.29) is 105 Å². The molecule has 1 saturated heterocycles. The number of benzene rings is 2. The number of nitrogens with zero attached hydrogens (tertiary/aromatic N) is 3. The number of Topliss-reactive ketones (excluding diaryl/α,β-unsaturated/α-hetero) is 3. The molecule has 1 fully saturated rings. The Morgan fingerprint density at radius 2 is 1.42 bits per heavy atom. The van der Waals surface area contributed by atoms with E-state index in [2.05, 4.69) is 21.9 Å². The molecule has 86 heavy (non-hydrogen) atoms. The molecule has 1 heterocycles. The van der Waals surface area contributed by atoms with Crippen LogP contribution in [0.5, 0.6) is 0 Å². The summed E-state index contributed by atoms with van der Waals surface area (Å²) in [6.45, 7) is 19.0. The van der Waals surface area contributed by atoms with Crippen LogP contribution < -0.4 is 21.7 Å². The molecule has 0 radical (unpaired) electrons. The molecule has 6 N–H and O–H groups in total. The number of ether oxygens (including phenoxy) is 3. The third-order valence-corrected chi connectivity index (χ3v) is 17.0. The van der Waals surface area contributed by atoms with Crippen LogP contribution in [0.25, 0.3) is 0 Å². The molecule has 2 aromatic rings. The van der Waals surface area contributed by atoms with E-state index in [1.807, 2.05) is 85.7 Å². The summed E-state index contributed by atoms with van der Waals surface area (Å²) >= 11 is 0. The van der Waals surface area contributed by atoms with Crippen molar-refractivity contribution >= 4 is 53.1 Å². The van der Waals surface area contributed by atoms with Gasteiger partial charge >= 0.3 is 12.1 Å². The minimum absolute atomic E-state index is 0.0152. The maximum atomic E-state index is 14.8. The van der Waals surface area contributed by atoms with Gasteiger partial charge in [0.2, 0.25) is 23.6 Å². The lowest BCUT2D eigenvalue weighted by Crippen LogP contribution is -2.60. The summed E-state index contributed by atoms with van der Waals surface area (Å²) < 4.78 is 17.8. The number of urea groups is 1. The van der Waals surface area contributed by atoms with E-state index < -0.39 is 96.0 Å². The zero-order valence-electron chi connectivity index (χ0n) is 53.6. The van der Waals surface area contributed by atoms with Gasteiger partial charge in [0.1, 0.15) is 30.3 Å². The summed E-state index contributed by atoms with van der Waals surface area (Å²) in [5, 5.41) is 19.3. The molecular formula is C66H101N7O13. The average Bonchev–Trinajstić information content (AvgIpc) is 2.88. The number of aliphatic hydroxyl groups is 1. The van der Waals surface area contributed by atoms with E-state index in [1.165, 1.54) is 19.1 Å². The van der Waals surface area contributed by atoms with Gasteiger partial charge in [-0.3, -0.25) is 38.5 Å². The Morgan fingerprint density at radius 3 is 1.98 bits per heavy atom. The normalized spacial score (nSPS) is 17.1. The Kier molecular flexibility index (Phi) is 31.2. The minimum atomic E-state index is -1.05. The van der Waals surface area contributed by atoms with Gasteiger partial charge in [-0.2, -0.15) is 0 Å². The molecule has 20 nitrogen and oxygen atoms in total. The quantitative estimate of drug-likeness (QED) is 0.0327. The fourth-order valence-electron chi connectivity index (χ4n) is 11.6. The number of hydrogen-bond donors (Lipinski definition) is 5. The summed E-state index contributed by atoms with van der Waals surface area (Å²) in [6.07, 6.45) is 5.30. The van der Waals surface area contributed by atoms with Gasteiger partial charge in [0, 0.05) is 85.3 Å². The highest BCUT2D eigenvalue weighted by atomic mass is 16.6. The lowest BCUT2D eigenvalue weighted by Gasteiger charge is -2.41. The monoisotopic (exact) mass is 1200 g/mol. The van der Waals surface area contributed by atoms with Crippen LogP contribution >= 0.6 is 0 Å². The predicted molar refractivity (Wildman–Crippen MR) is 330 cm³/mol. The van der Waals surface area contributed by atoms with E-state index in [9.17, 15) is 48.3 Å². The van der Waals surface area contributed by atoms with Gasteiger partial charge in [-0.15, -0.1) is 12.3 Å². The average molecular weight is 1200 g/mol. The van der Waals surface area contributed by atoms with Crippen LogP contribution in [-0.4, -0.2) is 157 Å². The Balaban J connectivity index is 1.71. The Bertz CT molecular complexity index is 2570. The molecule has 20 heteroatoms. The molecule has 7 amide bonds. The molecule has 0 aromatic heterocycles. The van der Waals surface area contributed by atoms with Crippen molar-refractivity contribution in [2.45, 2.75) is 195 Å². The Hall–Kier alpha value is -6.69. The number of likely N-dealkylation sites (N-methyl/N-ethyl adjacent to an activating group) is 2. The van der Waals surface area contributed by atoms with Gasteiger partial charge in [-0.05, 0) is 72.0 Å².